The molecule has 0 saturated carbocycles. The minimum Gasteiger partial charge on any atom is -0.744 e. The summed E-state index contributed by atoms with van der Waals surface area (Å²) in [6.07, 6.45) is 10.5. The van der Waals surface area contributed by atoms with Crippen molar-refractivity contribution in [3.8, 4) is 0 Å². The fourth-order valence-corrected chi connectivity index (χ4v) is 12.8. The number of ether oxygens (including phenoxy) is 6. The molecule has 0 saturated heterocycles. The summed E-state index contributed by atoms with van der Waals surface area (Å²) in [5.41, 5.74) is 1.49. The Morgan fingerprint density at radius 1 is 0.633 bits per heavy atom. The van der Waals surface area contributed by atoms with E-state index in [4.69, 9.17) is 28.4 Å². The zero-order valence-corrected chi connectivity index (χ0v) is 47.8. The lowest BCUT2D eigenvalue weighted by atomic mass is 9.76. The van der Waals surface area contributed by atoms with Crippen molar-refractivity contribution >= 4 is 85.1 Å². The minimum atomic E-state index is -5.31. The van der Waals surface area contributed by atoms with Gasteiger partial charge in [0.1, 0.15) is 21.6 Å². The highest BCUT2D eigenvalue weighted by Crippen LogP contribution is 2.54. The van der Waals surface area contributed by atoms with E-state index in [0.29, 0.717) is 119 Å². The van der Waals surface area contributed by atoms with Gasteiger partial charge in [-0.1, -0.05) is 30.7 Å². The third-order valence-corrected chi connectivity index (χ3v) is 17.2. The molecule has 2 aliphatic rings. The zero-order valence-electron chi connectivity index (χ0n) is 44.6. The van der Waals surface area contributed by atoms with E-state index < -0.39 is 76.9 Å². The van der Waals surface area contributed by atoms with Gasteiger partial charge in [0.25, 0.3) is 30.4 Å². The molecule has 0 aliphatic carbocycles. The Morgan fingerprint density at radius 3 is 1.67 bits per heavy atom. The lowest BCUT2D eigenvalue weighted by molar-refractivity contribution is -0.433. The molecule has 0 spiro atoms. The van der Waals surface area contributed by atoms with E-state index in [1.54, 1.807) is 37.5 Å². The number of methoxy groups -OCH3 is 1. The van der Waals surface area contributed by atoms with Crippen molar-refractivity contribution in [1.29, 1.82) is 0 Å². The van der Waals surface area contributed by atoms with E-state index in [1.807, 2.05) is 49.3 Å². The van der Waals surface area contributed by atoms with Crippen LogP contribution in [0, 0.1) is 0 Å². The fraction of sp³-hybridized carbons (Fsp3) is 0.472. The van der Waals surface area contributed by atoms with Crippen LogP contribution in [0.4, 0.5) is 11.4 Å². The molecular weight excluding hydrogens is 1110 g/mol. The molecular formula is C53H68N2O20S4. The Kier molecular flexibility index (Phi) is 21.3. The maximum absolute atomic E-state index is 12.8. The predicted molar refractivity (Wildman–Crippen MR) is 292 cm³/mol. The number of hydrogen-bond donors (Lipinski definition) is 4. The van der Waals surface area contributed by atoms with Crippen LogP contribution in [-0.2, 0) is 84.5 Å². The van der Waals surface area contributed by atoms with E-state index in [9.17, 15) is 61.8 Å². The Balaban J connectivity index is 1.33. The van der Waals surface area contributed by atoms with Crippen LogP contribution in [0.3, 0.4) is 0 Å². The van der Waals surface area contributed by atoms with Crippen LogP contribution in [0.2, 0.25) is 0 Å². The van der Waals surface area contributed by atoms with Crippen LogP contribution in [0.1, 0.15) is 70.9 Å². The highest BCUT2D eigenvalue weighted by Gasteiger charge is 2.47. The van der Waals surface area contributed by atoms with Crippen LogP contribution in [0.25, 0.3) is 21.5 Å². The summed E-state index contributed by atoms with van der Waals surface area (Å²) in [7, 11) is -18.6. The second-order valence-electron chi connectivity index (χ2n) is 19.4. The maximum atomic E-state index is 12.8. The molecule has 0 amide bonds. The summed E-state index contributed by atoms with van der Waals surface area (Å²) in [5, 5.41) is 9.58. The number of allylic oxidation sites excluding steroid dienone is 6. The molecule has 79 heavy (non-hydrogen) atoms. The molecule has 4 aromatic carbocycles. The maximum Gasteiger partial charge on any atom is 0.303 e. The highest BCUT2D eigenvalue weighted by molar-refractivity contribution is 7.87. The lowest BCUT2D eigenvalue weighted by Gasteiger charge is -2.31. The zero-order chi connectivity index (χ0) is 58.0. The summed E-state index contributed by atoms with van der Waals surface area (Å²) in [6, 6.07) is 9.83. The fourth-order valence-electron chi connectivity index (χ4n) is 10.2. The van der Waals surface area contributed by atoms with E-state index in [0.717, 1.165) is 11.8 Å². The average Bonchev–Trinajstić information content (AvgIpc) is 3.99. The van der Waals surface area contributed by atoms with Gasteiger partial charge in [0.15, 0.2) is 5.71 Å². The van der Waals surface area contributed by atoms with Gasteiger partial charge < -0.3 is 43.0 Å². The van der Waals surface area contributed by atoms with Crippen molar-refractivity contribution in [3.63, 3.8) is 0 Å². The van der Waals surface area contributed by atoms with Gasteiger partial charge in [0.2, 0.25) is 5.69 Å². The van der Waals surface area contributed by atoms with Crippen LogP contribution < -0.4 is 4.90 Å². The van der Waals surface area contributed by atoms with Crippen molar-refractivity contribution in [2.24, 2.45) is 0 Å². The molecule has 4 N–H and O–H groups in total. The molecule has 0 radical (unpaired) electrons. The third kappa shape index (κ3) is 15.3. The standard InChI is InChI=1S/C53H68N2O20S4/c1-6-54-43-18-16-39-41(33-37(76(58,59)60)35-45(39)78(64,65)66)50(43)52(2,3)47(54)13-9-7-10-14-48-53(4,20-22-71-25-26-73-29-30-75-32-31-74-28-27-72-24-23-70-5)51-42-34-38(77(61,62)63)36-46(79(67,68)69)40(42)17-19-44(51)55(48)21-12-8-11-15-49(56)57/h7,9-10,13-14,16-19,33-36H,6,8,11-12,15,20-32H2,1-5H3,(H4-,56,57,58,59,60,61,62,63,64,65,66,67,68,69). The number of nitrogens with zero attached hydrogens (tertiary/aromatic N) is 2. The Morgan fingerprint density at radius 2 is 1.15 bits per heavy atom. The van der Waals surface area contributed by atoms with Gasteiger partial charge >= 0.3 is 5.97 Å². The Hall–Kier alpha value is -5.04. The minimum absolute atomic E-state index is 0.0453. The topological polar surface area (TPSA) is 319 Å². The first-order valence-electron chi connectivity index (χ1n) is 25.4. The smallest absolute Gasteiger partial charge is 0.303 e. The summed E-state index contributed by atoms with van der Waals surface area (Å²) in [6.45, 7) is 11.9. The summed E-state index contributed by atoms with van der Waals surface area (Å²) >= 11 is 0. The molecule has 0 fully saturated rings. The summed E-state index contributed by atoms with van der Waals surface area (Å²) in [4.78, 5) is 10.3. The molecule has 4 aromatic rings. The van der Waals surface area contributed by atoms with Crippen molar-refractivity contribution < 1.29 is 94.8 Å². The van der Waals surface area contributed by atoms with Crippen molar-refractivity contribution in [1.82, 2.24) is 0 Å². The van der Waals surface area contributed by atoms with Gasteiger partial charge in [-0.2, -0.15) is 29.8 Å². The number of carboxylic acid groups (broad SMARTS) is 1. The van der Waals surface area contributed by atoms with E-state index in [1.165, 1.54) is 18.2 Å². The summed E-state index contributed by atoms with van der Waals surface area (Å²) in [5.74, 6) is -0.949. The number of benzene rings is 4. The molecule has 2 aliphatic heterocycles. The third-order valence-electron chi connectivity index (χ3n) is 13.8. The monoisotopic (exact) mass is 1180 g/mol. The van der Waals surface area contributed by atoms with E-state index >= 15 is 0 Å². The number of hydrogen-bond acceptors (Lipinski definition) is 17. The SMILES string of the molecule is CC[N+]1=C(/C=C/C=C/C=C2/N(CCCCCC(=O)O)c3ccc4c(S(=O)(=O)[O-])cc(S(=O)(=O)O)cc4c3C2(C)CCOCCOCCOCCOCCOCCOC)C(C)(C)c2c1ccc1c(S(=O)(=O)O)cc(S(=O)(=O)O)cc21. The van der Waals surface area contributed by atoms with Crippen molar-refractivity contribution in [3.05, 3.63) is 95.7 Å². The summed E-state index contributed by atoms with van der Waals surface area (Å²) < 4.78 is 179. The number of carboxylic acids is 1. The predicted octanol–water partition coefficient (Wildman–Crippen LogP) is 6.57. The van der Waals surface area contributed by atoms with Gasteiger partial charge in [-0.05, 0) is 111 Å². The average molecular weight is 1180 g/mol. The molecule has 2 heterocycles. The first-order chi connectivity index (χ1) is 37.2. The number of anilines is 1. The van der Waals surface area contributed by atoms with Crippen molar-refractivity contribution in [2.45, 2.75) is 90.2 Å². The Bertz CT molecular complexity index is 3480. The van der Waals surface area contributed by atoms with Gasteiger partial charge in [-0.3, -0.25) is 18.5 Å². The first-order valence-corrected chi connectivity index (χ1v) is 31.1. The molecule has 434 valence electrons. The molecule has 1 unspecified atom stereocenters. The van der Waals surface area contributed by atoms with Crippen LogP contribution in [0.15, 0.2) is 104 Å². The second-order valence-corrected chi connectivity index (χ2v) is 25.0. The quantitative estimate of drug-likeness (QED) is 0.0174. The van der Waals surface area contributed by atoms with Gasteiger partial charge in [0.05, 0.1) is 86.2 Å². The van der Waals surface area contributed by atoms with Gasteiger partial charge in [0, 0.05) is 66.6 Å². The number of fused-ring (bicyclic) bond motifs is 6. The number of carbonyl (C=O) groups is 1. The molecule has 0 aromatic heterocycles. The van der Waals surface area contributed by atoms with Crippen LogP contribution >= 0.6 is 0 Å². The van der Waals surface area contributed by atoms with Gasteiger partial charge in [-0.25, -0.2) is 8.42 Å². The molecule has 0 bridgehead atoms. The normalized spacial score (nSPS) is 17.4. The number of rotatable bonds is 32. The van der Waals surface area contributed by atoms with E-state index in [-0.39, 0.29) is 60.8 Å². The van der Waals surface area contributed by atoms with Crippen LogP contribution in [-0.4, -0.2) is 166 Å². The molecule has 6 rings (SSSR count). The molecule has 22 nitrogen and oxygen atoms in total. The molecule has 1 atom stereocenters. The second kappa shape index (κ2) is 26.7. The highest BCUT2D eigenvalue weighted by atomic mass is 32.2. The van der Waals surface area contributed by atoms with E-state index in [2.05, 4.69) is 0 Å². The largest absolute Gasteiger partial charge is 0.744 e. The van der Waals surface area contributed by atoms with Gasteiger partial charge in [-0.15, -0.1) is 0 Å². The van der Waals surface area contributed by atoms with Crippen LogP contribution in [0.5, 0.6) is 0 Å². The Labute approximate surface area is 461 Å². The van der Waals surface area contributed by atoms with Crippen molar-refractivity contribution in [2.75, 3.05) is 97.8 Å². The molecule has 26 heteroatoms. The first kappa shape index (κ1) is 63.1. The number of aliphatic carboxylic acids is 1. The lowest BCUT2D eigenvalue weighted by Crippen LogP contribution is -2.31. The number of unbranched alkanes of at least 4 members (excludes halogenated alkanes) is 2.